The maximum Gasteiger partial charge on any atom is 0.281 e. The molecule has 2 unspecified atom stereocenters. The van der Waals surface area contributed by atoms with E-state index in [0.717, 1.165) is 19.3 Å². The summed E-state index contributed by atoms with van der Waals surface area (Å²) in [6.07, 6.45) is 3.29. The first kappa shape index (κ1) is 14.4. The molecule has 1 aliphatic heterocycles. The molecular weight excluding hydrogens is 238 g/mol. The number of nitrogens with one attached hydrogen (secondary N) is 1. The van der Waals surface area contributed by atoms with Crippen molar-refractivity contribution < 1.29 is 8.42 Å². The highest BCUT2D eigenvalue weighted by atomic mass is 32.2. The van der Waals surface area contributed by atoms with Gasteiger partial charge in [-0.2, -0.15) is 22.7 Å². The van der Waals surface area contributed by atoms with E-state index in [1.807, 2.05) is 13.0 Å². The van der Waals surface area contributed by atoms with Gasteiger partial charge >= 0.3 is 0 Å². The molecule has 5 nitrogen and oxygen atoms in total. The molecule has 1 saturated heterocycles. The Morgan fingerprint density at radius 3 is 2.65 bits per heavy atom. The molecule has 1 rings (SSSR count). The summed E-state index contributed by atoms with van der Waals surface area (Å²) >= 11 is 0. The van der Waals surface area contributed by atoms with Crippen LogP contribution in [0.1, 0.15) is 46.5 Å². The zero-order valence-corrected chi connectivity index (χ0v) is 11.5. The standard InChI is InChI=1S/C11H21N3O2S/c1-4-11(3,9-12)13-17(15,16)14-8-6-5-7-10(14)2/h10,13H,4-8H2,1-3H3. The van der Waals surface area contributed by atoms with Gasteiger partial charge in [0.25, 0.3) is 10.2 Å². The Labute approximate surface area is 104 Å². The molecule has 0 aromatic rings. The summed E-state index contributed by atoms with van der Waals surface area (Å²) in [4.78, 5) is 0. The molecular formula is C11H21N3O2S. The second kappa shape index (κ2) is 5.34. The predicted molar refractivity (Wildman–Crippen MR) is 66.4 cm³/mol. The molecule has 0 aliphatic carbocycles. The number of piperidine rings is 1. The Kier molecular flexibility index (Phi) is 4.53. The van der Waals surface area contributed by atoms with Crippen LogP contribution in [-0.2, 0) is 10.2 Å². The lowest BCUT2D eigenvalue weighted by molar-refractivity contribution is 0.261. The fourth-order valence-corrected chi connectivity index (χ4v) is 3.77. The van der Waals surface area contributed by atoms with Crippen molar-refractivity contribution in [2.45, 2.75) is 58.0 Å². The molecule has 1 fully saturated rings. The molecule has 0 bridgehead atoms. The van der Waals surface area contributed by atoms with Gasteiger partial charge in [-0.25, -0.2) is 0 Å². The number of nitriles is 1. The Morgan fingerprint density at radius 1 is 1.53 bits per heavy atom. The van der Waals surface area contributed by atoms with Crippen LogP contribution in [0.25, 0.3) is 0 Å². The van der Waals surface area contributed by atoms with Crippen LogP contribution in [0.2, 0.25) is 0 Å². The van der Waals surface area contributed by atoms with Crippen molar-refractivity contribution >= 4 is 10.2 Å². The lowest BCUT2D eigenvalue weighted by atomic mass is 10.0. The van der Waals surface area contributed by atoms with Crippen LogP contribution in [0.15, 0.2) is 0 Å². The zero-order chi connectivity index (χ0) is 13.1. The van der Waals surface area contributed by atoms with Crippen LogP contribution in [0.5, 0.6) is 0 Å². The van der Waals surface area contributed by atoms with E-state index < -0.39 is 15.7 Å². The highest BCUT2D eigenvalue weighted by Gasteiger charge is 2.35. The average molecular weight is 259 g/mol. The summed E-state index contributed by atoms with van der Waals surface area (Å²) < 4.78 is 28.4. The molecule has 0 amide bonds. The van der Waals surface area contributed by atoms with E-state index in [1.54, 1.807) is 13.8 Å². The monoisotopic (exact) mass is 259 g/mol. The highest BCUT2D eigenvalue weighted by molar-refractivity contribution is 7.87. The van der Waals surface area contributed by atoms with Crippen LogP contribution in [0.4, 0.5) is 0 Å². The van der Waals surface area contributed by atoms with Crippen LogP contribution in [0, 0.1) is 11.3 Å². The van der Waals surface area contributed by atoms with Crippen molar-refractivity contribution in [1.29, 1.82) is 5.26 Å². The molecule has 0 aromatic heterocycles. The summed E-state index contributed by atoms with van der Waals surface area (Å²) in [6, 6.07) is 2.04. The lowest BCUT2D eigenvalue weighted by Gasteiger charge is -2.34. The molecule has 17 heavy (non-hydrogen) atoms. The summed E-state index contributed by atoms with van der Waals surface area (Å²) in [7, 11) is -3.55. The molecule has 0 radical (unpaired) electrons. The molecule has 1 aliphatic rings. The van der Waals surface area contributed by atoms with E-state index >= 15 is 0 Å². The zero-order valence-electron chi connectivity index (χ0n) is 10.7. The van der Waals surface area contributed by atoms with Crippen molar-refractivity contribution in [3.63, 3.8) is 0 Å². The minimum atomic E-state index is -3.55. The van der Waals surface area contributed by atoms with Crippen LogP contribution in [-0.4, -0.2) is 30.8 Å². The Bertz CT molecular complexity index is 401. The van der Waals surface area contributed by atoms with Gasteiger partial charge in [-0.05, 0) is 33.1 Å². The molecule has 2 atom stereocenters. The molecule has 0 spiro atoms. The SMILES string of the molecule is CCC(C)(C#N)NS(=O)(=O)N1CCCCC1C. The number of nitrogens with zero attached hydrogens (tertiary/aromatic N) is 2. The third-order valence-corrected chi connectivity index (χ3v) is 5.23. The minimum absolute atomic E-state index is 0.0149. The third-order valence-electron chi connectivity index (χ3n) is 3.36. The first-order valence-corrected chi connectivity index (χ1v) is 7.50. The molecule has 1 heterocycles. The van der Waals surface area contributed by atoms with Crippen LogP contribution >= 0.6 is 0 Å². The first-order valence-electron chi connectivity index (χ1n) is 6.06. The third kappa shape index (κ3) is 3.41. The Balaban J connectivity index is 2.85. The van der Waals surface area contributed by atoms with Crippen molar-refractivity contribution in [3.05, 3.63) is 0 Å². The van der Waals surface area contributed by atoms with Gasteiger partial charge in [-0.15, -0.1) is 0 Å². The maximum absolute atomic E-state index is 12.2. The van der Waals surface area contributed by atoms with Gasteiger partial charge in [-0.1, -0.05) is 13.3 Å². The topological polar surface area (TPSA) is 73.2 Å². The summed E-state index contributed by atoms with van der Waals surface area (Å²) in [5.74, 6) is 0. The lowest BCUT2D eigenvalue weighted by Crippen LogP contribution is -2.54. The van der Waals surface area contributed by atoms with E-state index in [2.05, 4.69) is 4.72 Å². The van der Waals surface area contributed by atoms with Crippen LogP contribution < -0.4 is 4.72 Å². The van der Waals surface area contributed by atoms with Crippen molar-refractivity contribution in [2.75, 3.05) is 6.54 Å². The fourth-order valence-electron chi connectivity index (χ4n) is 1.95. The van der Waals surface area contributed by atoms with Crippen molar-refractivity contribution in [3.8, 4) is 6.07 Å². The van der Waals surface area contributed by atoms with Crippen molar-refractivity contribution in [2.24, 2.45) is 0 Å². The second-order valence-electron chi connectivity index (χ2n) is 4.86. The Morgan fingerprint density at radius 2 is 2.18 bits per heavy atom. The van der Waals surface area contributed by atoms with Gasteiger partial charge in [0.2, 0.25) is 0 Å². The largest absolute Gasteiger partial charge is 0.281 e. The van der Waals surface area contributed by atoms with Gasteiger partial charge in [0.1, 0.15) is 5.54 Å². The Hall–Kier alpha value is -0.640. The van der Waals surface area contributed by atoms with Crippen molar-refractivity contribution in [1.82, 2.24) is 9.03 Å². The second-order valence-corrected chi connectivity index (χ2v) is 6.48. The van der Waals surface area contributed by atoms with Gasteiger partial charge in [0.05, 0.1) is 6.07 Å². The van der Waals surface area contributed by atoms with E-state index in [1.165, 1.54) is 4.31 Å². The van der Waals surface area contributed by atoms with Gasteiger partial charge in [0, 0.05) is 12.6 Å². The van der Waals surface area contributed by atoms with E-state index in [9.17, 15) is 8.42 Å². The van der Waals surface area contributed by atoms with Crippen LogP contribution in [0.3, 0.4) is 0 Å². The molecule has 0 saturated carbocycles. The van der Waals surface area contributed by atoms with E-state index in [0.29, 0.717) is 13.0 Å². The van der Waals surface area contributed by atoms with Gasteiger partial charge in [-0.3, -0.25) is 0 Å². The summed E-state index contributed by atoms with van der Waals surface area (Å²) in [5.41, 5.74) is -1.02. The predicted octanol–water partition coefficient (Wildman–Crippen LogP) is 1.39. The normalized spacial score (nSPS) is 26.1. The summed E-state index contributed by atoms with van der Waals surface area (Å²) in [6.45, 7) is 5.86. The fraction of sp³-hybridized carbons (Fsp3) is 0.909. The average Bonchev–Trinajstić information content (AvgIpc) is 2.28. The number of rotatable bonds is 4. The molecule has 0 aromatic carbocycles. The highest BCUT2D eigenvalue weighted by Crippen LogP contribution is 2.21. The quantitative estimate of drug-likeness (QED) is 0.829. The molecule has 6 heteroatoms. The minimum Gasteiger partial charge on any atom is -0.196 e. The maximum atomic E-state index is 12.2. The van der Waals surface area contributed by atoms with Gasteiger partial charge < -0.3 is 0 Å². The first-order chi connectivity index (χ1) is 7.84. The number of hydrogen-bond donors (Lipinski definition) is 1. The van der Waals surface area contributed by atoms with E-state index in [-0.39, 0.29) is 6.04 Å². The molecule has 98 valence electrons. The van der Waals surface area contributed by atoms with E-state index in [4.69, 9.17) is 5.26 Å². The molecule has 1 N–H and O–H groups in total. The number of hydrogen-bond acceptors (Lipinski definition) is 3. The summed E-state index contributed by atoms with van der Waals surface area (Å²) in [5, 5.41) is 9.02. The van der Waals surface area contributed by atoms with Gasteiger partial charge in [0.15, 0.2) is 0 Å². The smallest absolute Gasteiger partial charge is 0.196 e.